The molecule has 0 bridgehead atoms. The monoisotopic (exact) mass is 478 g/mol. The van der Waals surface area contributed by atoms with Crippen molar-refractivity contribution in [2.45, 2.75) is 34.3 Å². The first-order valence-electron chi connectivity index (χ1n) is 11.1. The van der Waals surface area contributed by atoms with Crippen molar-refractivity contribution < 1.29 is 19.1 Å². The Morgan fingerprint density at radius 1 is 1.09 bits per heavy atom. The van der Waals surface area contributed by atoms with E-state index in [9.17, 15) is 14.9 Å². The lowest BCUT2D eigenvalue weighted by molar-refractivity contribution is -0.141. The van der Waals surface area contributed by atoms with Gasteiger partial charge in [0, 0.05) is 22.7 Å². The van der Waals surface area contributed by atoms with Crippen LogP contribution in [0.2, 0.25) is 5.02 Å². The summed E-state index contributed by atoms with van der Waals surface area (Å²) in [4.78, 5) is 26.9. The molecule has 1 aliphatic rings. The highest BCUT2D eigenvalue weighted by Crippen LogP contribution is 2.33. The maximum absolute atomic E-state index is 13.1. The number of benzene rings is 2. The molecule has 6 nitrogen and oxygen atoms in total. The highest BCUT2D eigenvalue weighted by molar-refractivity contribution is 6.31. The molecule has 7 heteroatoms. The molecule has 0 radical (unpaired) electrons. The third-order valence-electron chi connectivity index (χ3n) is 5.29. The molecule has 3 rings (SSSR count). The van der Waals surface area contributed by atoms with Crippen molar-refractivity contribution in [1.82, 2.24) is 4.90 Å². The molecule has 2 amide bonds. The Morgan fingerprint density at radius 3 is 2.47 bits per heavy atom. The minimum Gasteiger partial charge on any atom is -0.490 e. The molecule has 0 unspecified atom stereocenters. The summed E-state index contributed by atoms with van der Waals surface area (Å²) < 4.78 is 11.7. The van der Waals surface area contributed by atoms with Crippen LogP contribution in [0.4, 0.5) is 0 Å². The van der Waals surface area contributed by atoms with Gasteiger partial charge in [0.25, 0.3) is 11.8 Å². The number of ether oxygens (including phenoxy) is 2. The molecule has 0 saturated carbocycles. The first kappa shape index (κ1) is 25.1. The number of nitrogens with zero attached hydrogens (tertiary/aromatic N) is 2. The van der Waals surface area contributed by atoms with Gasteiger partial charge in [-0.1, -0.05) is 49.7 Å². The van der Waals surface area contributed by atoms with Crippen molar-refractivity contribution in [2.24, 2.45) is 5.92 Å². The summed E-state index contributed by atoms with van der Waals surface area (Å²) in [6.07, 6.45) is 1.68. The fourth-order valence-corrected chi connectivity index (χ4v) is 3.79. The highest BCUT2D eigenvalue weighted by atomic mass is 35.5. The third kappa shape index (κ3) is 5.49. The van der Waals surface area contributed by atoms with Gasteiger partial charge in [0.15, 0.2) is 11.5 Å². The number of rotatable bonds is 8. The first-order chi connectivity index (χ1) is 16.3. The van der Waals surface area contributed by atoms with Crippen molar-refractivity contribution in [1.29, 1.82) is 5.26 Å². The number of amides is 2. The summed E-state index contributed by atoms with van der Waals surface area (Å²) >= 11 is 6.22. The van der Waals surface area contributed by atoms with Crippen molar-refractivity contribution in [3.05, 3.63) is 75.3 Å². The number of hydrogen-bond donors (Lipinski definition) is 0. The van der Waals surface area contributed by atoms with Gasteiger partial charge in [-0.05, 0) is 55.2 Å². The quantitative estimate of drug-likeness (QED) is 0.366. The van der Waals surface area contributed by atoms with Crippen LogP contribution >= 0.6 is 11.6 Å². The van der Waals surface area contributed by atoms with E-state index in [1.807, 2.05) is 45.0 Å². The van der Waals surface area contributed by atoms with E-state index in [-0.39, 0.29) is 24.6 Å². The fraction of sp³-hybridized carbons (Fsp3) is 0.296. The zero-order valence-electron chi connectivity index (χ0n) is 19.7. The second-order valence-electron chi connectivity index (χ2n) is 8.30. The average Bonchev–Trinajstić information content (AvgIpc) is 2.80. The molecule has 176 valence electrons. The molecule has 2 aromatic carbocycles. The highest BCUT2D eigenvalue weighted by Gasteiger charge is 2.35. The predicted octanol–water partition coefficient (Wildman–Crippen LogP) is 5.57. The lowest BCUT2D eigenvalue weighted by atomic mass is 9.93. The molecular weight excluding hydrogens is 452 g/mol. The fourth-order valence-electron chi connectivity index (χ4n) is 3.60. The summed E-state index contributed by atoms with van der Waals surface area (Å²) in [5, 5.41) is 10.2. The van der Waals surface area contributed by atoms with Gasteiger partial charge in [-0.15, -0.1) is 0 Å². The number of carbonyl (C=O) groups excluding carboxylic acids is 2. The lowest BCUT2D eigenvalue weighted by Crippen LogP contribution is -2.44. The van der Waals surface area contributed by atoms with Crippen molar-refractivity contribution in [2.75, 3.05) is 13.2 Å². The minimum absolute atomic E-state index is 0.0174. The summed E-state index contributed by atoms with van der Waals surface area (Å²) in [7, 11) is 0. The van der Waals surface area contributed by atoms with E-state index in [1.165, 1.54) is 0 Å². The van der Waals surface area contributed by atoms with Crippen LogP contribution in [0.15, 0.2) is 59.2 Å². The van der Waals surface area contributed by atoms with Gasteiger partial charge in [0.1, 0.15) is 18.2 Å². The molecular formula is C27H27ClN2O4. The van der Waals surface area contributed by atoms with E-state index < -0.39 is 11.8 Å². The zero-order valence-corrected chi connectivity index (χ0v) is 20.5. The van der Waals surface area contributed by atoms with Crippen molar-refractivity contribution in [3.63, 3.8) is 0 Å². The smallest absolute Gasteiger partial charge is 0.271 e. The number of imide groups is 1. The van der Waals surface area contributed by atoms with Crippen LogP contribution in [0.5, 0.6) is 11.5 Å². The number of halogens is 1. The van der Waals surface area contributed by atoms with Crippen molar-refractivity contribution in [3.8, 4) is 17.6 Å². The SMILES string of the molecule is CCOc1cc(/C=C2/C(=O)N(CC(C)C)C(=O)C(C#N)=C2C)ccc1OCc1ccccc1Cl. The van der Waals surface area contributed by atoms with E-state index >= 15 is 0 Å². The summed E-state index contributed by atoms with van der Waals surface area (Å²) in [5.74, 6) is 0.179. The van der Waals surface area contributed by atoms with Gasteiger partial charge in [-0.2, -0.15) is 5.26 Å². The topological polar surface area (TPSA) is 79.6 Å². The second kappa shape index (κ2) is 11.0. The van der Waals surface area contributed by atoms with E-state index in [4.69, 9.17) is 21.1 Å². The largest absolute Gasteiger partial charge is 0.490 e. The van der Waals surface area contributed by atoms with E-state index in [1.54, 1.807) is 37.3 Å². The Kier molecular flexibility index (Phi) is 8.14. The van der Waals surface area contributed by atoms with Gasteiger partial charge < -0.3 is 9.47 Å². The van der Waals surface area contributed by atoms with Crippen LogP contribution in [-0.2, 0) is 16.2 Å². The molecule has 34 heavy (non-hydrogen) atoms. The summed E-state index contributed by atoms with van der Waals surface area (Å²) in [5.41, 5.74) is 2.20. The Bertz CT molecular complexity index is 1210. The number of carbonyl (C=O) groups is 2. The van der Waals surface area contributed by atoms with Crippen LogP contribution in [0, 0.1) is 17.2 Å². The standard InChI is InChI=1S/C27H27ClN2O4/c1-5-33-25-13-19(10-11-24(25)34-16-20-8-6-7-9-23(20)28)12-21-18(4)22(14-29)27(32)30(26(21)31)15-17(2)3/h6-13,17H,5,15-16H2,1-4H3/b21-12+. The van der Waals surface area contributed by atoms with Crippen LogP contribution < -0.4 is 9.47 Å². The van der Waals surface area contributed by atoms with Crippen LogP contribution in [0.1, 0.15) is 38.8 Å². The average molecular weight is 479 g/mol. The Balaban J connectivity index is 1.96. The van der Waals surface area contributed by atoms with Gasteiger partial charge in [-0.25, -0.2) is 0 Å². The van der Waals surface area contributed by atoms with Crippen LogP contribution in [0.25, 0.3) is 6.08 Å². The van der Waals surface area contributed by atoms with E-state index in [0.717, 1.165) is 10.5 Å². The van der Waals surface area contributed by atoms with Gasteiger partial charge in [0.05, 0.1) is 6.61 Å². The van der Waals surface area contributed by atoms with Crippen molar-refractivity contribution >= 4 is 29.5 Å². The predicted molar refractivity (Wildman–Crippen MR) is 131 cm³/mol. The second-order valence-corrected chi connectivity index (χ2v) is 8.71. The zero-order chi connectivity index (χ0) is 24.8. The molecule has 2 aromatic rings. The molecule has 0 fully saturated rings. The molecule has 0 aliphatic carbocycles. The summed E-state index contributed by atoms with van der Waals surface area (Å²) in [6, 6.07) is 14.7. The lowest BCUT2D eigenvalue weighted by Gasteiger charge is -2.28. The van der Waals surface area contributed by atoms with Crippen LogP contribution in [0.3, 0.4) is 0 Å². The van der Waals surface area contributed by atoms with Gasteiger partial charge in [0.2, 0.25) is 0 Å². The van der Waals surface area contributed by atoms with Gasteiger partial charge in [-0.3, -0.25) is 14.5 Å². The number of nitriles is 1. The summed E-state index contributed by atoms with van der Waals surface area (Å²) in [6.45, 7) is 8.26. The normalized spacial score (nSPS) is 15.2. The molecule has 1 heterocycles. The molecule has 1 aliphatic heterocycles. The Morgan fingerprint density at radius 2 is 1.82 bits per heavy atom. The van der Waals surface area contributed by atoms with Crippen LogP contribution in [-0.4, -0.2) is 29.9 Å². The maximum Gasteiger partial charge on any atom is 0.271 e. The molecule has 0 saturated heterocycles. The molecule has 0 N–H and O–H groups in total. The maximum atomic E-state index is 13.1. The van der Waals surface area contributed by atoms with E-state index in [2.05, 4.69) is 0 Å². The molecule has 0 aromatic heterocycles. The number of hydrogen-bond acceptors (Lipinski definition) is 5. The minimum atomic E-state index is -0.547. The molecule has 0 spiro atoms. The molecule has 0 atom stereocenters. The Hall–Kier alpha value is -3.56. The first-order valence-corrected chi connectivity index (χ1v) is 11.5. The van der Waals surface area contributed by atoms with Gasteiger partial charge >= 0.3 is 0 Å². The van der Waals surface area contributed by atoms with E-state index in [0.29, 0.717) is 39.8 Å². The Labute approximate surface area is 205 Å². The third-order valence-corrected chi connectivity index (χ3v) is 5.66.